The standard InChI is InChI=1S/C12H20N2OS/c15-12(9-3-5-13-7-9)14(10-1-2-10)11-4-6-16-8-11/h9-11,13H,1-8H2/t9-,11-/m1/s1. The number of nitrogens with zero attached hydrogens (tertiary/aromatic N) is 1. The van der Waals surface area contributed by atoms with E-state index in [1.54, 1.807) is 0 Å². The lowest BCUT2D eigenvalue weighted by Crippen LogP contribution is -2.45. The maximum absolute atomic E-state index is 12.5. The minimum Gasteiger partial charge on any atom is -0.336 e. The molecule has 1 amide bonds. The third kappa shape index (κ3) is 2.09. The first-order chi connectivity index (χ1) is 7.86. The summed E-state index contributed by atoms with van der Waals surface area (Å²) < 4.78 is 0. The van der Waals surface area contributed by atoms with E-state index < -0.39 is 0 Å². The molecule has 4 heteroatoms. The third-order valence-corrected chi connectivity index (χ3v) is 5.05. The molecule has 16 heavy (non-hydrogen) atoms. The molecule has 0 radical (unpaired) electrons. The highest BCUT2D eigenvalue weighted by atomic mass is 32.2. The molecule has 1 saturated carbocycles. The Bertz CT molecular complexity index is 268. The quantitative estimate of drug-likeness (QED) is 0.801. The Hall–Kier alpha value is -0.220. The van der Waals surface area contributed by atoms with Gasteiger partial charge in [-0.3, -0.25) is 4.79 Å². The number of carbonyl (C=O) groups is 1. The van der Waals surface area contributed by atoms with E-state index in [-0.39, 0.29) is 5.92 Å². The monoisotopic (exact) mass is 240 g/mol. The SMILES string of the molecule is O=C([C@@H]1CCNC1)N(C1CC1)[C@@H]1CCSC1. The molecule has 2 atom stereocenters. The lowest BCUT2D eigenvalue weighted by molar-refractivity contribution is -0.137. The minimum absolute atomic E-state index is 0.270. The molecule has 0 bridgehead atoms. The predicted molar refractivity (Wildman–Crippen MR) is 66.6 cm³/mol. The zero-order valence-electron chi connectivity index (χ0n) is 9.65. The predicted octanol–water partition coefficient (Wildman–Crippen LogP) is 1.09. The van der Waals surface area contributed by atoms with Crippen LogP contribution in [-0.4, -0.2) is 47.5 Å². The molecule has 90 valence electrons. The zero-order chi connectivity index (χ0) is 11.0. The second kappa shape index (κ2) is 4.57. The Morgan fingerprint density at radius 2 is 2.06 bits per heavy atom. The van der Waals surface area contributed by atoms with Crippen LogP contribution >= 0.6 is 11.8 Å². The van der Waals surface area contributed by atoms with E-state index in [4.69, 9.17) is 0 Å². The van der Waals surface area contributed by atoms with Crippen LogP contribution in [0.5, 0.6) is 0 Å². The van der Waals surface area contributed by atoms with Gasteiger partial charge in [0.15, 0.2) is 0 Å². The topological polar surface area (TPSA) is 32.3 Å². The number of hydrogen-bond donors (Lipinski definition) is 1. The highest BCUT2D eigenvalue weighted by molar-refractivity contribution is 7.99. The summed E-state index contributed by atoms with van der Waals surface area (Å²) >= 11 is 2.01. The molecule has 0 unspecified atom stereocenters. The van der Waals surface area contributed by atoms with Gasteiger partial charge in [0.05, 0.1) is 5.92 Å². The fourth-order valence-corrected chi connectivity index (χ4v) is 4.03. The first-order valence-corrected chi connectivity index (χ1v) is 7.62. The van der Waals surface area contributed by atoms with E-state index >= 15 is 0 Å². The van der Waals surface area contributed by atoms with E-state index in [0.717, 1.165) is 19.5 Å². The van der Waals surface area contributed by atoms with Gasteiger partial charge in [0.2, 0.25) is 5.91 Å². The number of hydrogen-bond acceptors (Lipinski definition) is 3. The van der Waals surface area contributed by atoms with E-state index in [2.05, 4.69) is 10.2 Å². The van der Waals surface area contributed by atoms with Gasteiger partial charge in [-0.1, -0.05) is 0 Å². The van der Waals surface area contributed by atoms with Gasteiger partial charge in [0.1, 0.15) is 0 Å². The van der Waals surface area contributed by atoms with E-state index in [1.165, 1.54) is 30.8 Å². The number of carbonyl (C=O) groups excluding carboxylic acids is 1. The molecule has 3 fully saturated rings. The highest BCUT2D eigenvalue weighted by Crippen LogP contribution is 2.35. The minimum atomic E-state index is 0.270. The largest absolute Gasteiger partial charge is 0.336 e. The third-order valence-electron chi connectivity index (χ3n) is 3.90. The van der Waals surface area contributed by atoms with Crippen molar-refractivity contribution in [3.63, 3.8) is 0 Å². The number of amides is 1. The summed E-state index contributed by atoms with van der Waals surface area (Å²) in [6, 6.07) is 1.14. The Kier molecular flexibility index (Phi) is 3.11. The van der Waals surface area contributed by atoms with Crippen LogP contribution in [0.25, 0.3) is 0 Å². The van der Waals surface area contributed by atoms with Crippen LogP contribution in [0.3, 0.4) is 0 Å². The van der Waals surface area contributed by atoms with Crippen molar-refractivity contribution in [2.24, 2.45) is 5.92 Å². The van der Waals surface area contributed by atoms with Crippen molar-refractivity contribution >= 4 is 17.7 Å². The lowest BCUT2D eigenvalue weighted by atomic mass is 10.1. The van der Waals surface area contributed by atoms with Crippen molar-refractivity contribution in [1.29, 1.82) is 0 Å². The fourth-order valence-electron chi connectivity index (χ4n) is 2.83. The molecule has 2 heterocycles. The van der Waals surface area contributed by atoms with Gasteiger partial charge in [0, 0.05) is 24.4 Å². The maximum Gasteiger partial charge on any atom is 0.227 e. The van der Waals surface area contributed by atoms with Crippen LogP contribution in [0, 0.1) is 5.92 Å². The van der Waals surface area contributed by atoms with Crippen molar-refractivity contribution in [2.75, 3.05) is 24.6 Å². The summed E-state index contributed by atoms with van der Waals surface area (Å²) in [7, 11) is 0. The average molecular weight is 240 g/mol. The summed E-state index contributed by atoms with van der Waals surface area (Å²) in [5, 5.41) is 3.31. The van der Waals surface area contributed by atoms with Crippen molar-refractivity contribution in [2.45, 2.75) is 37.8 Å². The molecule has 0 aromatic carbocycles. The molecule has 0 aromatic rings. The van der Waals surface area contributed by atoms with Crippen LogP contribution < -0.4 is 5.32 Å². The summed E-state index contributed by atoms with van der Waals surface area (Å²) in [6.07, 6.45) is 4.75. The molecule has 2 saturated heterocycles. The van der Waals surface area contributed by atoms with Gasteiger partial charge in [-0.05, 0) is 38.0 Å². The maximum atomic E-state index is 12.5. The zero-order valence-corrected chi connectivity index (χ0v) is 10.5. The van der Waals surface area contributed by atoms with E-state index in [1.807, 2.05) is 11.8 Å². The highest BCUT2D eigenvalue weighted by Gasteiger charge is 2.41. The van der Waals surface area contributed by atoms with Gasteiger partial charge in [0.25, 0.3) is 0 Å². The fraction of sp³-hybridized carbons (Fsp3) is 0.917. The molecule has 1 N–H and O–H groups in total. The van der Waals surface area contributed by atoms with Crippen LogP contribution in [0.4, 0.5) is 0 Å². The van der Waals surface area contributed by atoms with E-state index in [9.17, 15) is 4.79 Å². The smallest absolute Gasteiger partial charge is 0.227 e. The summed E-state index contributed by atoms with van der Waals surface area (Å²) in [5.41, 5.74) is 0. The Labute approximate surface area is 101 Å². The number of rotatable bonds is 3. The Morgan fingerprint density at radius 3 is 2.62 bits per heavy atom. The van der Waals surface area contributed by atoms with E-state index in [0.29, 0.717) is 18.0 Å². The van der Waals surface area contributed by atoms with Crippen molar-refractivity contribution in [1.82, 2.24) is 10.2 Å². The molecule has 0 aromatic heterocycles. The van der Waals surface area contributed by atoms with Gasteiger partial charge >= 0.3 is 0 Å². The Morgan fingerprint density at radius 1 is 1.19 bits per heavy atom. The second-order valence-corrected chi connectivity index (χ2v) is 6.33. The average Bonchev–Trinajstić information content (AvgIpc) is 2.83. The lowest BCUT2D eigenvalue weighted by Gasteiger charge is -2.30. The van der Waals surface area contributed by atoms with Crippen LogP contribution in [0.15, 0.2) is 0 Å². The first-order valence-electron chi connectivity index (χ1n) is 6.47. The normalized spacial score (nSPS) is 34.2. The summed E-state index contributed by atoms with van der Waals surface area (Å²) in [5.74, 6) is 3.12. The van der Waals surface area contributed by atoms with Gasteiger partial charge in [-0.2, -0.15) is 11.8 Å². The van der Waals surface area contributed by atoms with Gasteiger partial charge in [-0.15, -0.1) is 0 Å². The van der Waals surface area contributed by atoms with Crippen molar-refractivity contribution in [3.05, 3.63) is 0 Å². The van der Waals surface area contributed by atoms with Crippen molar-refractivity contribution < 1.29 is 4.79 Å². The summed E-state index contributed by atoms with van der Waals surface area (Å²) in [6.45, 7) is 1.93. The van der Waals surface area contributed by atoms with Gasteiger partial charge < -0.3 is 10.2 Å². The Balaban J connectivity index is 1.68. The molecule has 3 nitrogen and oxygen atoms in total. The number of nitrogens with one attached hydrogen (secondary N) is 1. The number of thioether (sulfide) groups is 1. The molecule has 1 aliphatic carbocycles. The van der Waals surface area contributed by atoms with Crippen LogP contribution in [0.2, 0.25) is 0 Å². The van der Waals surface area contributed by atoms with Crippen LogP contribution in [-0.2, 0) is 4.79 Å². The second-order valence-electron chi connectivity index (χ2n) is 5.18. The summed E-state index contributed by atoms with van der Waals surface area (Å²) in [4.78, 5) is 14.8. The molecule has 0 spiro atoms. The van der Waals surface area contributed by atoms with Crippen molar-refractivity contribution in [3.8, 4) is 0 Å². The van der Waals surface area contributed by atoms with Crippen LogP contribution in [0.1, 0.15) is 25.7 Å². The first kappa shape index (κ1) is 10.9. The molecule has 3 rings (SSSR count). The molecule has 2 aliphatic heterocycles. The molecule has 3 aliphatic rings. The van der Waals surface area contributed by atoms with Gasteiger partial charge in [-0.25, -0.2) is 0 Å². The molecular weight excluding hydrogens is 220 g/mol. The molecular formula is C12H20N2OS.